The maximum absolute atomic E-state index is 12.9. The normalized spacial score (nSPS) is 21.0. The fourth-order valence-electron chi connectivity index (χ4n) is 3.79. The number of nitrogens with zero attached hydrogens (tertiary/aromatic N) is 2. The van der Waals surface area contributed by atoms with E-state index in [-0.39, 0.29) is 24.4 Å². The Bertz CT molecular complexity index is 957. The molecule has 4 amide bonds. The minimum atomic E-state index is -0.651. The monoisotopic (exact) mass is 393 g/mol. The number of aryl methyl sites for hydroxylation is 1. The minimum absolute atomic E-state index is 0.203. The molecule has 2 aliphatic rings. The van der Waals surface area contributed by atoms with E-state index < -0.39 is 12.1 Å². The van der Waals surface area contributed by atoms with Crippen LogP contribution in [-0.4, -0.2) is 41.9 Å². The van der Waals surface area contributed by atoms with E-state index in [1.54, 1.807) is 19.1 Å². The summed E-state index contributed by atoms with van der Waals surface area (Å²) in [6, 6.07) is 13.6. The highest BCUT2D eigenvalue weighted by Gasteiger charge is 2.44. The molecule has 2 heterocycles. The first kappa shape index (κ1) is 19.0. The highest BCUT2D eigenvalue weighted by Crippen LogP contribution is 2.31. The van der Waals surface area contributed by atoms with Gasteiger partial charge >= 0.3 is 6.03 Å². The van der Waals surface area contributed by atoms with Crippen LogP contribution in [-0.2, 0) is 9.59 Å². The average molecular weight is 393 g/mol. The number of hydrogen-bond acceptors (Lipinski definition) is 4. The molecule has 2 aliphatic heterocycles. The van der Waals surface area contributed by atoms with E-state index in [9.17, 15) is 14.4 Å². The van der Waals surface area contributed by atoms with Gasteiger partial charge in [0.2, 0.25) is 5.91 Å². The predicted molar refractivity (Wildman–Crippen MR) is 108 cm³/mol. The summed E-state index contributed by atoms with van der Waals surface area (Å²) in [5.74, 6) is 0.000931. The summed E-state index contributed by atoms with van der Waals surface area (Å²) in [5.41, 5.74) is 2.61. The van der Waals surface area contributed by atoms with Crippen LogP contribution in [0, 0.1) is 6.92 Å². The Hall–Kier alpha value is -3.35. The second-order valence-electron chi connectivity index (χ2n) is 7.38. The second kappa shape index (κ2) is 7.58. The van der Waals surface area contributed by atoms with Crippen LogP contribution in [0.2, 0.25) is 0 Å². The lowest BCUT2D eigenvalue weighted by molar-refractivity contribution is -0.132. The van der Waals surface area contributed by atoms with E-state index in [0.29, 0.717) is 18.7 Å². The molecule has 0 spiro atoms. The van der Waals surface area contributed by atoms with Gasteiger partial charge < -0.3 is 10.1 Å². The fourth-order valence-corrected chi connectivity index (χ4v) is 3.79. The van der Waals surface area contributed by atoms with Crippen molar-refractivity contribution >= 4 is 23.5 Å². The van der Waals surface area contributed by atoms with Gasteiger partial charge in [-0.15, -0.1) is 0 Å². The van der Waals surface area contributed by atoms with Crippen molar-refractivity contribution in [2.75, 3.05) is 18.1 Å². The van der Waals surface area contributed by atoms with Gasteiger partial charge in [-0.25, -0.2) is 4.79 Å². The highest BCUT2D eigenvalue weighted by atomic mass is 16.5. The predicted octanol–water partition coefficient (Wildman–Crippen LogP) is 2.79. The van der Waals surface area contributed by atoms with Crippen LogP contribution in [0.25, 0.3) is 0 Å². The van der Waals surface area contributed by atoms with Crippen LogP contribution in [0.1, 0.15) is 30.5 Å². The number of imide groups is 1. The van der Waals surface area contributed by atoms with Gasteiger partial charge in [-0.1, -0.05) is 35.9 Å². The number of fused-ring (bicyclic) bond motifs is 1. The summed E-state index contributed by atoms with van der Waals surface area (Å²) in [5, 5.41) is 2.94. The van der Waals surface area contributed by atoms with E-state index >= 15 is 0 Å². The summed E-state index contributed by atoms with van der Waals surface area (Å²) in [6.07, 6.45) is 0.635. The van der Waals surface area contributed by atoms with E-state index in [1.807, 2.05) is 43.3 Å². The Morgan fingerprint density at radius 1 is 1.14 bits per heavy atom. The summed E-state index contributed by atoms with van der Waals surface area (Å²) >= 11 is 0. The molecule has 1 N–H and O–H groups in total. The number of nitrogens with one attached hydrogen (secondary N) is 1. The van der Waals surface area contributed by atoms with Gasteiger partial charge in [0.1, 0.15) is 18.3 Å². The van der Waals surface area contributed by atoms with Gasteiger partial charge in [0.25, 0.3) is 5.91 Å². The molecule has 29 heavy (non-hydrogen) atoms. The topological polar surface area (TPSA) is 79.0 Å². The van der Waals surface area contributed by atoms with E-state index in [0.717, 1.165) is 21.8 Å². The molecule has 2 aromatic rings. The SMILES string of the molecule is Cc1ccc(N2C(=O)N(CC(=O)N[C@H]3CCOc4ccccc43)C(=O)[C@H]2C)cc1. The molecule has 0 unspecified atom stereocenters. The van der Waals surface area contributed by atoms with Crippen LogP contribution >= 0.6 is 0 Å². The number of amides is 4. The maximum Gasteiger partial charge on any atom is 0.332 e. The Kier molecular flexibility index (Phi) is 4.96. The van der Waals surface area contributed by atoms with Crippen LogP contribution in [0.3, 0.4) is 0 Å². The third-order valence-corrected chi connectivity index (χ3v) is 5.36. The third kappa shape index (κ3) is 3.55. The molecule has 0 aromatic heterocycles. The molecule has 0 radical (unpaired) electrons. The number of benzene rings is 2. The van der Waals surface area contributed by atoms with Crippen molar-refractivity contribution in [2.45, 2.75) is 32.4 Å². The van der Waals surface area contributed by atoms with Crippen LogP contribution in [0.4, 0.5) is 10.5 Å². The Balaban J connectivity index is 1.47. The van der Waals surface area contributed by atoms with Crippen molar-refractivity contribution in [3.05, 3.63) is 59.7 Å². The number of carbonyl (C=O) groups excluding carboxylic acids is 3. The summed E-state index contributed by atoms with van der Waals surface area (Å²) in [7, 11) is 0. The Labute approximate surface area is 169 Å². The van der Waals surface area contributed by atoms with Gasteiger partial charge in [0, 0.05) is 17.7 Å². The van der Waals surface area contributed by atoms with Gasteiger partial charge in [-0.3, -0.25) is 19.4 Å². The van der Waals surface area contributed by atoms with Crippen LogP contribution in [0.15, 0.2) is 48.5 Å². The highest BCUT2D eigenvalue weighted by molar-refractivity contribution is 6.15. The van der Waals surface area contributed by atoms with E-state index in [4.69, 9.17) is 4.74 Å². The summed E-state index contributed by atoms with van der Waals surface area (Å²) < 4.78 is 5.61. The molecule has 2 atom stereocenters. The van der Waals surface area contributed by atoms with Crippen molar-refractivity contribution in [1.82, 2.24) is 10.2 Å². The number of carbonyl (C=O) groups is 3. The second-order valence-corrected chi connectivity index (χ2v) is 7.38. The quantitative estimate of drug-likeness (QED) is 0.810. The van der Waals surface area contributed by atoms with Crippen molar-refractivity contribution in [1.29, 1.82) is 0 Å². The number of ether oxygens (including phenoxy) is 1. The first-order chi connectivity index (χ1) is 14.0. The third-order valence-electron chi connectivity index (χ3n) is 5.36. The molecule has 4 rings (SSSR count). The lowest BCUT2D eigenvalue weighted by Gasteiger charge is -2.27. The Morgan fingerprint density at radius 3 is 2.62 bits per heavy atom. The minimum Gasteiger partial charge on any atom is -0.493 e. The molecule has 1 saturated heterocycles. The molecule has 0 bridgehead atoms. The molecule has 150 valence electrons. The number of rotatable bonds is 4. The zero-order chi connectivity index (χ0) is 20.5. The number of anilines is 1. The largest absolute Gasteiger partial charge is 0.493 e. The van der Waals surface area contributed by atoms with Gasteiger partial charge in [-0.2, -0.15) is 0 Å². The lowest BCUT2D eigenvalue weighted by Crippen LogP contribution is -2.43. The lowest BCUT2D eigenvalue weighted by atomic mass is 10.0. The van der Waals surface area contributed by atoms with E-state index in [2.05, 4.69) is 5.32 Å². The van der Waals surface area contributed by atoms with Crippen molar-refractivity contribution in [2.24, 2.45) is 0 Å². The van der Waals surface area contributed by atoms with Crippen molar-refractivity contribution < 1.29 is 19.1 Å². The first-order valence-electron chi connectivity index (χ1n) is 9.68. The smallest absolute Gasteiger partial charge is 0.332 e. The Morgan fingerprint density at radius 2 is 1.86 bits per heavy atom. The van der Waals surface area contributed by atoms with E-state index in [1.165, 1.54) is 4.90 Å². The number of urea groups is 1. The van der Waals surface area contributed by atoms with Crippen molar-refractivity contribution in [3.63, 3.8) is 0 Å². The number of para-hydroxylation sites is 1. The van der Waals surface area contributed by atoms with Gasteiger partial charge in [-0.05, 0) is 32.0 Å². The standard InChI is InChI=1S/C22H23N3O4/c1-14-7-9-16(10-8-14)25-15(2)21(27)24(22(25)28)13-20(26)23-18-11-12-29-19-6-4-3-5-17(18)19/h3-10,15,18H,11-13H2,1-2H3,(H,23,26)/t15-,18+/m1/s1. The first-order valence-corrected chi connectivity index (χ1v) is 9.68. The molecule has 7 heteroatoms. The average Bonchev–Trinajstić information content (AvgIpc) is 2.92. The molecular weight excluding hydrogens is 370 g/mol. The zero-order valence-electron chi connectivity index (χ0n) is 16.4. The molecule has 0 aliphatic carbocycles. The summed E-state index contributed by atoms with van der Waals surface area (Å²) in [6.45, 7) is 3.83. The number of hydrogen-bond donors (Lipinski definition) is 1. The zero-order valence-corrected chi connectivity index (χ0v) is 16.4. The van der Waals surface area contributed by atoms with Crippen molar-refractivity contribution in [3.8, 4) is 5.75 Å². The van der Waals surface area contributed by atoms with Gasteiger partial charge in [0.15, 0.2) is 0 Å². The van der Waals surface area contributed by atoms with Crippen LogP contribution < -0.4 is 15.0 Å². The summed E-state index contributed by atoms with van der Waals surface area (Å²) in [4.78, 5) is 40.6. The molecule has 7 nitrogen and oxygen atoms in total. The van der Waals surface area contributed by atoms with Crippen LogP contribution in [0.5, 0.6) is 5.75 Å². The molecular formula is C22H23N3O4. The molecule has 2 aromatic carbocycles. The van der Waals surface area contributed by atoms with Gasteiger partial charge in [0.05, 0.1) is 12.6 Å². The maximum atomic E-state index is 12.9. The molecule has 1 fully saturated rings. The molecule has 0 saturated carbocycles. The fraction of sp³-hybridized carbons (Fsp3) is 0.318.